The third-order valence-electron chi connectivity index (χ3n) is 6.38. The first-order chi connectivity index (χ1) is 15.3. The second-order valence-electron chi connectivity index (χ2n) is 9.39. The third-order valence-corrected chi connectivity index (χ3v) is 7.57. The van der Waals surface area contributed by atoms with Gasteiger partial charge in [-0.3, -0.25) is 4.31 Å². The van der Waals surface area contributed by atoms with Gasteiger partial charge in [-0.15, -0.1) is 0 Å². The minimum Gasteiger partial charge on any atom is -0.398 e. The smallest absolute Gasteiger partial charge is 0.232 e. The van der Waals surface area contributed by atoms with Gasteiger partial charge < -0.3 is 11.5 Å². The maximum atomic E-state index is 12.3. The molecule has 0 aliphatic carbocycles. The average Bonchev–Trinajstić information content (AvgIpc) is 2.73. The fourth-order valence-corrected chi connectivity index (χ4v) is 5.13. The largest absolute Gasteiger partial charge is 0.398 e. The maximum Gasteiger partial charge on any atom is 0.232 e. The molecule has 0 fully saturated rings. The van der Waals surface area contributed by atoms with Gasteiger partial charge in [0.2, 0.25) is 10.0 Å². The highest BCUT2D eigenvalue weighted by molar-refractivity contribution is 7.92. The fourth-order valence-electron chi connectivity index (χ4n) is 4.18. The molecule has 32 heavy (non-hydrogen) atoms. The van der Waals surface area contributed by atoms with E-state index in [1.807, 2.05) is 6.92 Å². The van der Waals surface area contributed by atoms with Crippen molar-refractivity contribution in [2.45, 2.75) is 117 Å². The van der Waals surface area contributed by atoms with Crippen molar-refractivity contribution in [1.29, 1.82) is 0 Å². The van der Waals surface area contributed by atoms with E-state index >= 15 is 0 Å². The van der Waals surface area contributed by atoms with E-state index in [1.165, 1.54) is 94.0 Å². The summed E-state index contributed by atoms with van der Waals surface area (Å²) in [6.45, 7) is 4.58. The van der Waals surface area contributed by atoms with Crippen molar-refractivity contribution in [1.82, 2.24) is 0 Å². The molecule has 5 nitrogen and oxygen atoms in total. The lowest BCUT2D eigenvalue weighted by molar-refractivity contribution is 0.529. The minimum absolute atomic E-state index is 0.471. The second-order valence-corrected chi connectivity index (χ2v) is 11.3. The summed E-state index contributed by atoms with van der Waals surface area (Å²) in [5, 5.41) is 0. The van der Waals surface area contributed by atoms with Crippen LogP contribution in [0.15, 0.2) is 12.1 Å². The van der Waals surface area contributed by atoms with Crippen LogP contribution < -0.4 is 15.8 Å². The van der Waals surface area contributed by atoms with Gasteiger partial charge in [0.15, 0.2) is 0 Å². The Balaban J connectivity index is 2.12. The molecule has 0 aromatic heterocycles. The molecule has 0 saturated heterocycles. The zero-order chi connectivity index (χ0) is 23.8. The molecular formula is C26H49N3O2S. The number of benzene rings is 1. The van der Waals surface area contributed by atoms with Gasteiger partial charge in [0.25, 0.3) is 0 Å². The molecule has 186 valence electrons. The molecule has 0 heterocycles. The second kappa shape index (κ2) is 16.2. The van der Waals surface area contributed by atoms with Crippen molar-refractivity contribution in [3.8, 4) is 0 Å². The zero-order valence-electron chi connectivity index (χ0n) is 21.0. The quantitative estimate of drug-likeness (QED) is 0.166. The summed E-state index contributed by atoms with van der Waals surface area (Å²) in [7, 11) is -3.36. The molecule has 0 spiro atoms. The number of nitrogen functional groups attached to an aromatic ring is 2. The molecule has 0 aliphatic heterocycles. The van der Waals surface area contributed by atoms with E-state index in [-0.39, 0.29) is 0 Å². The van der Waals surface area contributed by atoms with E-state index < -0.39 is 10.0 Å². The van der Waals surface area contributed by atoms with Gasteiger partial charge in [-0.05, 0) is 31.0 Å². The Morgan fingerprint density at radius 3 is 1.38 bits per heavy atom. The monoisotopic (exact) mass is 467 g/mol. The number of anilines is 3. The van der Waals surface area contributed by atoms with Crippen LogP contribution in [0.1, 0.15) is 115 Å². The van der Waals surface area contributed by atoms with Crippen LogP contribution in [0.25, 0.3) is 0 Å². The van der Waals surface area contributed by atoms with Crippen molar-refractivity contribution < 1.29 is 8.42 Å². The van der Waals surface area contributed by atoms with Crippen LogP contribution in [0.5, 0.6) is 0 Å². The predicted octanol–water partition coefficient (Wildman–Crippen LogP) is 7.19. The Morgan fingerprint density at radius 1 is 0.688 bits per heavy atom. The van der Waals surface area contributed by atoms with Crippen LogP contribution in [0.3, 0.4) is 0 Å². The molecule has 0 aliphatic rings. The topological polar surface area (TPSA) is 89.4 Å². The highest BCUT2D eigenvalue weighted by atomic mass is 32.2. The summed E-state index contributed by atoms with van der Waals surface area (Å²) in [5.41, 5.74) is 14.4. The van der Waals surface area contributed by atoms with Crippen LogP contribution in [0.4, 0.5) is 17.1 Å². The first-order valence-electron chi connectivity index (χ1n) is 12.9. The van der Waals surface area contributed by atoms with E-state index in [9.17, 15) is 8.42 Å². The molecule has 1 aromatic carbocycles. The van der Waals surface area contributed by atoms with Gasteiger partial charge in [0.05, 0.1) is 11.9 Å². The number of hydrogen-bond acceptors (Lipinski definition) is 4. The Kier molecular flexibility index (Phi) is 14.5. The van der Waals surface area contributed by atoms with Gasteiger partial charge in [-0.1, -0.05) is 103 Å². The molecule has 6 heteroatoms. The Bertz CT molecular complexity index is 712. The minimum atomic E-state index is -3.36. The van der Waals surface area contributed by atoms with Crippen molar-refractivity contribution in [2.75, 3.05) is 28.6 Å². The Morgan fingerprint density at radius 2 is 1.03 bits per heavy atom. The number of sulfonamides is 1. The predicted molar refractivity (Wildman–Crippen MR) is 142 cm³/mol. The number of hydrogen-bond donors (Lipinski definition) is 2. The molecule has 0 saturated carbocycles. The molecule has 0 amide bonds. The van der Waals surface area contributed by atoms with Gasteiger partial charge in [-0.25, -0.2) is 8.42 Å². The summed E-state index contributed by atoms with van der Waals surface area (Å²) < 4.78 is 26.0. The number of nitrogens with zero attached hydrogens (tertiary/aromatic N) is 1. The molecule has 0 unspecified atom stereocenters. The van der Waals surface area contributed by atoms with Crippen LogP contribution in [-0.4, -0.2) is 21.2 Å². The van der Waals surface area contributed by atoms with Crippen LogP contribution in [-0.2, 0) is 10.0 Å². The van der Waals surface area contributed by atoms with Crippen LogP contribution >= 0.6 is 0 Å². The summed E-state index contributed by atoms with van der Waals surface area (Å²) in [6.07, 6.45) is 22.1. The lowest BCUT2D eigenvalue weighted by atomic mass is 10.0. The highest BCUT2D eigenvalue weighted by Crippen LogP contribution is 2.28. The van der Waals surface area contributed by atoms with Crippen LogP contribution in [0, 0.1) is 6.92 Å². The summed E-state index contributed by atoms with van der Waals surface area (Å²) in [6, 6.07) is 3.42. The number of nitrogens with two attached hydrogens (primary N) is 2. The molecule has 0 atom stereocenters. The van der Waals surface area contributed by atoms with E-state index in [1.54, 1.807) is 12.1 Å². The first-order valence-corrected chi connectivity index (χ1v) is 14.8. The molecule has 0 radical (unpaired) electrons. The summed E-state index contributed by atoms with van der Waals surface area (Å²) in [4.78, 5) is 0. The van der Waals surface area contributed by atoms with E-state index in [0.29, 0.717) is 23.6 Å². The molecule has 4 N–H and O–H groups in total. The Labute approximate surface area is 198 Å². The fraction of sp³-hybridized carbons (Fsp3) is 0.769. The van der Waals surface area contributed by atoms with E-state index in [4.69, 9.17) is 11.5 Å². The molecule has 1 rings (SSSR count). The third kappa shape index (κ3) is 12.0. The van der Waals surface area contributed by atoms with E-state index in [2.05, 4.69) is 6.92 Å². The van der Waals surface area contributed by atoms with Gasteiger partial charge in [0.1, 0.15) is 0 Å². The molecule has 0 bridgehead atoms. The molecular weight excluding hydrogens is 418 g/mol. The molecule has 1 aromatic rings. The van der Waals surface area contributed by atoms with Crippen LogP contribution in [0.2, 0.25) is 0 Å². The van der Waals surface area contributed by atoms with Gasteiger partial charge in [0, 0.05) is 17.9 Å². The highest BCUT2D eigenvalue weighted by Gasteiger charge is 2.18. The standard InChI is InChI=1S/C26H49N3O2S/c1-4-5-6-7-8-9-10-11-12-13-14-15-16-17-18-19-20-29(32(3,30)31)24-21-25(27)23(2)26(28)22-24/h21-22H,4-20,27-28H2,1-3H3. The lowest BCUT2D eigenvalue weighted by Crippen LogP contribution is -2.31. The number of unbranched alkanes of at least 4 members (excludes halogenated alkanes) is 15. The SMILES string of the molecule is CCCCCCCCCCCCCCCCCCN(c1cc(N)c(C)c(N)c1)S(C)(=O)=O. The Hall–Kier alpha value is -1.43. The van der Waals surface area contributed by atoms with Crippen molar-refractivity contribution in [3.63, 3.8) is 0 Å². The first kappa shape index (κ1) is 28.6. The zero-order valence-corrected chi connectivity index (χ0v) is 21.8. The summed E-state index contributed by atoms with van der Waals surface area (Å²) in [5.74, 6) is 0. The van der Waals surface area contributed by atoms with Crippen molar-refractivity contribution in [2.24, 2.45) is 0 Å². The number of rotatable bonds is 19. The van der Waals surface area contributed by atoms with E-state index in [0.717, 1.165) is 24.8 Å². The normalized spacial score (nSPS) is 11.7. The van der Waals surface area contributed by atoms with Crippen molar-refractivity contribution >= 4 is 27.1 Å². The summed E-state index contributed by atoms with van der Waals surface area (Å²) >= 11 is 0. The van der Waals surface area contributed by atoms with Crippen molar-refractivity contribution in [3.05, 3.63) is 17.7 Å². The van der Waals surface area contributed by atoms with Gasteiger partial charge in [-0.2, -0.15) is 0 Å². The average molecular weight is 468 g/mol. The van der Waals surface area contributed by atoms with Gasteiger partial charge >= 0.3 is 0 Å². The maximum absolute atomic E-state index is 12.3. The lowest BCUT2D eigenvalue weighted by Gasteiger charge is -2.23.